The van der Waals surface area contributed by atoms with Crippen molar-refractivity contribution in [3.05, 3.63) is 52.5 Å². The number of hydrogen-bond acceptors (Lipinski definition) is 4. The third kappa shape index (κ3) is 5.38. The zero-order valence-electron chi connectivity index (χ0n) is 13.3. The lowest BCUT2D eigenvalue weighted by Gasteiger charge is -2.11. The summed E-state index contributed by atoms with van der Waals surface area (Å²) in [6.07, 6.45) is 1.56. The number of hydrogen-bond donors (Lipinski definition) is 1. The van der Waals surface area contributed by atoms with E-state index in [-0.39, 0.29) is 12.5 Å². The number of carbonyl (C=O) groups is 2. The zero-order chi connectivity index (χ0) is 17.4. The third-order valence-corrected chi connectivity index (χ3v) is 3.60. The van der Waals surface area contributed by atoms with Gasteiger partial charge in [0.1, 0.15) is 11.5 Å². The van der Waals surface area contributed by atoms with Gasteiger partial charge in [-0.25, -0.2) is 0 Å². The van der Waals surface area contributed by atoms with Gasteiger partial charge in [0.05, 0.1) is 12.2 Å². The van der Waals surface area contributed by atoms with Crippen LogP contribution in [0.25, 0.3) is 0 Å². The van der Waals surface area contributed by atoms with Crippen LogP contribution in [0.5, 0.6) is 11.5 Å². The standard InChI is InChI=1S/C18H18BrNO4/c1-2-9-23-16-8-3-13(11-21)17(10-16)24-12-18(22)20-15-6-4-14(19)5-7-15/h3-8,10-11H,2,9,12H2,1H3,(H,20,22). The minimum absolute atomic E-state index is 0.200. The highest BCUT2D eigenvalue weighted by Crippen LogP contribution is 2.24. The van der Waals surface area contributed by atoms with Gasteiger partial charge < -0.3 is 14.8 Å². The average Bonchev–Trinajstić information content (AvgIpc) is 2.60. The topological polar surface area (TPSA) is 64.6 Å². The molecule has 1 amide bonds. The second kappa shape index (κ2) is 9.08. The fourth-order valence-electron chi connectivity index (χ4n) is 1.92. The second-order valence-corrected chi connectivity index (χ2v) is 5.93. The van der Waals surface area contributed by atoms with Gasteiger partial charge >= 0.3 is 0 Å². The first-order chi connectivity index (χ1) is 11.6. The van der Waals surface area contributed by atoms with Crippen LogP contribution in [0.15, 0.2) is 46.9 Å². The van der Waals surface area contributed by atoms with Crippen LogP contribution in [0.2, 0.25) is 0 Å². The Hall–Kier alpha value is -2.34. The number of benzene rings is 2. The van der Waals surface area contributed by atoms with Crippen molar-refractivity contribution in [1.29, 1.82) is 0 Å². The largest absolute Gasteiger partial charge is 0.493 e. The Morgan fingerprint density at radius 3 is 2.58 bits per heavy atom. The van der Waals surface area contributed by atoms with E-state index in [4.69, 9.17) is 9.47 Å². The quantitative estimate of drug-likeness (QED) is 0.688. The summed E-state index contributed by atoms with van der Waals surface area (Å²) in [4.78, 5) is 23.1. The maximum atomic E-state index is 12.0. The Labute approximate surface area is 149 Å². The van der Waals surface area contributed by atoms with E-state index >= 15 is 0 Å². The van der Waals surface area contributed by atoms with Crippen molar-refractivity contribution in [3.63, 3.8) is 0 Å². The molecule has 0 atom stereocenters. The molecule has 0 spiro atoms. The van der Waals surface area contributed by atoms with Gasteiger partial charge in [0.2, 0.25) is 0 Å². The van der Waals surface area contributed by atoms with E-state index in [1.807, 2.05) is 19.1 Å². The molecule has 0 bridgehead atoms. The molecular weight excluding hydrogens is 374 g/mol. The normalized spacial score (nSPS) is 10.1. The number of nitrogens with one attached hydrogen (secondary N) is 1. The van der Waals surface area contributed by atoms with Gasteiger partial charge in [0, 0.05) is 16.2 Å². The summed E-state index contributed by atoms with van der Waals surface area (Å²) in [6, 6.07) is 12.1. The van der Waals surface area contributed by atoms with Crippen molar-refractivity contribution in [1.82, 2.24) is 0 Å². The Balaban J connectivity index is 1.97. The molecule has 1 N–H and O–H groups in total. The van der Waals surface area contributed by atoms with Gasteiger partial charge in [-0.2, -0.15) is 0 Å². The molecule has 0 fully saturated rings. The summed E-state index contributed by atoms with van der Waals surface area (Å²) in [5.74, 6) is 0.615. The van der Waals surface area contributed by atoms with Crippen LogP contribution in [-0.2, 0) is 4.79 Å². The molecule has 0 saturated heterocycles. The average molecular weight is 392 g/mol. The first-order valence-electron chi connectivity index (χ1n) is 7.52. The van der Waals surface area contributed by atoms with E-state index in [1.54, 1.807) is 30.3 Å². The van der Waals surface area contributed by atoms with Crippen LogP contribution in [0.1, 0.15) is 23.7 Å². The van der Waals surface area contributed by atoms with Crippen LogP contribution in [-0.4, -0.2) is 25.4 Å². The van der Waals surface area contributed by atoms with Gasteiger partial charge in [-0.1, -0.05) is 22.9 Å². The minimum Gasteiger partial charge on any atom is -0.493 e. The molecular formula is C18H18BrNO4. The maximum Gasteiger partial charge on any atom is 0.262 e. The molecule has 2 aromatic rings. The summed E-state index contributed by atoms with van der Waals surface area (Å²) in [5.41, 5.74) is 1.04. The summed E-state index contributed by atoms with van der Waals surface area (Å²) < 4.78 is 11.9. The predicted molar refractivity (Wildman–Crippen MR) is 95.9 cm³/mol. The highest BCUT2D eigenvalue weighted by molar-refractivity contribution is 9.10. The van der Waals surface area contributed by atoms with E-state index in [2.05, 4.69) is 21.2 Å². The lowest BCUT2D eigenvalue weighted by atomic mass is 10.2. The molecule has 0 unspecified atom stereocenters. The zero-order valence-corrected chi connectivity index (χ0v) is 14.8. The van der Waals surface area contributed by atoms with Crippen LogP contribution in [0, 0.1) is 0 Å². The van der Waals surface area contributed by atoms with Crippen LogP contribution < -0.4 is 14.8 Å². The first kappa shape index (κ1) is 18.0. The summed E-state index contributed by atoms with van der Waals surface area (Å²) in [5, 5.41) is 2.72. The van der Waals surface area contributed by atoms with Crippen molar-refractivity contribution in [2.75, 3.05) is 18.5 Å². The molecule has 0 aliphatic carbocycles. The molecule has 5 nitrogen and oxygen atoms in total. The lowest BCUT2D eigenvalue weighted by Crippen LogP contribution is -2.20. The number of anilines is 1. The lowest BCUT2D eigenvalue weighted by molar-refractivity contribution is -0.118. The summed E-state index contributed by atoms with van der Waals surface area (Å²) in [6.45, 7) is 2.38. The van der Waals surface area contributed by atoms with Gasteiger partial charge in [-0.3, -0.25) is 9.59 Å². The smallest absolute Gasteiger partial charge is 0.262 e. The van der Waals surface area contributed by atoms with Crippen molar-refractivity contribution in [2.45, 2.75) is 13.3 Å². The molecule has 0 heterocycles. The monoisotopic (exact) mass is 391 g/mol. The molecule has 126 valence electrons. The van der Waals surface area contributed by atoms with Crippen molar-refractivity contribution >= 4 is 33.8 Å². The maximum absolute atomic E-state index is 12.0. The van der Waals surface area contributed by atoms with E-state index in [1.165, 1.54) is 0 Å². The second-order valence-electron chi connectivity index (χ2n) is 5.01. The molecule has 0 radical (unpaired) electrons. The predicted octanol–water partition coefficient (Wildman–Crippen LogP) is 4.07. The number of halogens is 1. The molecule has 2 aromatic carbocycles. The third-order valence-electron chi connectivity index (χ3n) is 3.07. The molecule has 0 aromatic heterocycles. The Morgan fingerprint density at radius 1 is 1.17 bits per heavy atom. The molecule has 0 saturated carbocycles. The first-order valence-corrected chi connectivity index (χ1v) is 8.32. The highest BCUT2D eigenvalue weighted by Gasteiger charge is 2.09. The Kier molecular flexibility index (Phi) is 6.81. The van der Waals surface area contributed by atoms with E-state index in [9.17, 15) is 9.59 Å². The van der Waals surface area contributed by atoms with Crippen molar-refractivity contribution in [3.8, 4) is 11.5 Å². The van der Waals surface area contributed by atoms with E-state index in [0.29, 0.717) is 35.6 Å². The molecule has 0 aliphatic rings. The SMILES string of the molecule is CCCOc1ccc(C=O)c(OCC(=O)Nc2ccc(Br)cc2)c1. The summed E-state index contributed by atoms with van der Waals surface area (Å²) in [7, 11) is 0. The number of rotatable bonds is 8. The molecule has 0 aliphatic heterocycles. The Bertz CT molecular complexity index is 701. The fourth-order valence-corrected chi connectivity index (χ4v) is 2.18. The fraction of sp³-hybridized carbons (Fsp3) is 0.222. The number of carbonyl (C=O) groups excluding carboxylic acids is 2. The molecule has 6 heteroatoms. The van der Waals surface area contributed by atoms with Gasteiger partial charge in [-0.05, 0) is 42.8 Å². The summed E-state index contributed by atoms with van der Waals surface area (Å²) >= 11 is 3.33. The highest BCUT2D eigenvalue weighted by atomic mass is 79.9. The van der Waals surface area contributed by atoms with Gasteiger partial charge in [-0.15, -0.1) is 0 Å². The van der Waals surface area contributed by atoms with Crippen LogP contribution in [0.3, 0.4) is 0 Å². The van der Waals surface area contributed by atoms with Crippen LogP contribution >= 0.6 is 15.9 Å². The van der Waals surface area contributed by atoms with E-state index < -0.39 is 0 Å². The van der Waals surface area contributed by atoms with Gasteiger partial charge in [0.25, 0.3) is 5.91 Å². The van der Waals surface area contributed by atoms with Gasteiger partial charge in [0.15, 0.2) is 12.9 Å². The molecule has 2 rings (SSSR count). The number of amides is 1. The minimum atomic E-state index is -0.311. The van der Waals surface area contributed by atoms with Crippen LogP contribution in [0.4, 0.5) is 5.69 Å². The van der Waals surface area contributed by atoms with Crippen molar-refractivity contribution < 1.29 is 19.1 Å². The molecule has 24 heavy (non-hydrogen) atoms. The Morgan fingerprint density at radius 2 is 1.92 bits per heavy atom. The number of ether oxygens (including phenoxy) is 2. The van der Waals surface area contributed by atoms with E-state index in [0.717, 1.165) is 10.9 Å². The van der Waals surface area contributed by atoms with Crippen molar-refractivity contribution in [2.24, 2.45) is 0 Å². The number of aldehydes is 1.